The van der Waals surface area contributed by atoms with Gasteiger partial charge in [-0.25, -0.2) is 8.42 Å². The quantitative estimate of drug-likeness (QED) is 0.335. The SMILES string of the molecule is CCn1c(Oc2ccc3cc[nH]c3c2)nnc1[C@@H](C)NS(=O)(=O)c1ccc(-c2ccno2)s1. The lowest BCUT2D eigenvalue weighted by atomic mass is 10.2. The predicted molar refractivity (Wildman–Crippen MR) is 123 cm³/mol. The van der Waals surface area contributed by atoms with Gasteiger partial charge in [0, 0.05) is 30.4 Å². The van der Waals surface area contributed by atoms with Crippen molar-refractivity contribution in [1.29, 1.82) is 0 Å². The van der Waals surface area contributed by atoms with Gasteiger partial charge in [-0.15, -0.1) is 16.4 Å². The predicted octanol–water partition coefficient (Wildman–Crippen LogP) is 4.33. The van der Waals surface area contributed by atoms with E-state index in [1.807, 2.05) is 37.4 Å². The number of nitrogens with one attached hydrogen (secondary N) is 2. The van der Waals surface area contributed by atoms with Crippen molar-refractivity contribution in [3.05, 3.63) is 60.7 Å². The lowest BCUT2D eigenvalue weighted by Gasteiger charge is -2.14. The van der Waals surface area contributed by atoms with Gasteiger partial charge in [0.25, 0.3) is 10.0 Å². The Morgan fingerprint density at radius 3 is 2.88 bits per heavy atom. The second-order valence-corrected chi connectivity index (χ2v) is 10.3. The van der Waals surface area contributed by atoms with Crippen LogP contribution in [0.15, 0.2) is 63.6 Å². The van der Waals surface area contributed by atoms with Crippen LogP contribution in [0.2, 0.25) is 0 Å². The summed E-state index contributed by atoms with van der Waals surface area (Å²) in [5.41, 5.74) is 0.942. The first kappa shape index (κ1) is 21.4. The van der Waals surface area contributed by atoms with Crippen molar-refractivity contribution in [2.24, 2.45) is 0 Å². The molecule has 1 aromatic carbocycles. The van der Waals surface area contributed by atoms with Gasteiger partial charge in [-0.3, -0.25) is 4.57 Å². The first-order chi connectivity index (χ1) is 15.9. The fraction of sp³-hybridized carbons (Fsp3) is 0.190. The second-order valence-electron chi connectivity index (χ2n) is 7.25. The smallest absolute Gasteiger partial charge is 0.322 e. The summed E-state index contributed by atoms with van der Waals surface area (Å²) in [6.45, 7) is 4.13. The number of aromatic amines is 1. The van der Waals surface area contributed by atoms with E-state index >= 15 is 0 Å². The summed E-state index contributed by atoms with van der Waals surface area (Å²) >= 11 is 1.10. The van der Waals surface area contributed by atoms with Gasteiger partial charge in [-0.05, 0) is 49.6 Å². The Morgan fingerprint density at radius 1 is 1.21 bits per heavy atom. The molecular weight excluding hydrogens is 464 g/mol. The van der Waals surface area contributed by atoms with Crippen LogP contribution in [0, 0.1) is 0 Å². The number of rotatable bonds is 8. The maximum Gasteiger partial charge on any atom is 0.322 e. The van der Waals surface area contributed by atoms with Gasteiger partial charge in [0.1, 0.15) is 9.96 Å². The number of H-pyrrole nitrogens is 1. The summed E-state index contributed by atoms with van der Waals surface area (Å²) in [5, 5.41) is 13.1. The molecule has 0 bridgehead atoms. The van der Waals surface area contributed by atoms with Crippen molar-refractivity contribution >= 4 is 32.3 Å². The maximum atomic E-state index is 13.0. The topological polar surface area (TPSA) is 128 Å². The van der Waals surface area contributed by atoms with Crippen LogP contribution < -0.4 is 9.46 Å². The van der Waals surface area contributed by atoms with Gasteiger partial charge in [0.15, 0.2) is 11.6 Å². The van der Waals surface area contributed by atoms with E-state index in [9.17, 15) is 8.42 Å². The van der Waals surface area contributed by atoms with E-state index in [2.05, 4.69) is 25.1 Å². The Morgan fingerprint density at radius 2 is 2.09 bits per heavy atom. The third-order valence-electron chi connectivity index (χ3n) is 5.04. The van der Waals surface area contributed by atoms with Crippen LogP contribution in [0.25, 0.3) is 21.5 Å². The third kappa shape index (κ3) is 4.15. The van der Waals surface area contributed by atoms with E-state index < -0.39 is 16.1 Å². The molecule has 0 aliphatic carbocycles. The van der Waals surface area contributed by atoms with Crippen LogP contribution in [0.3, 0.4) is 0 Å². The van der Waals surface area contributed by atoms with Gasteiger partial charge in [0.2, 0.25) is 0 Å². The number of aromatic nitrogens is 5. The molecule has 0 saturated heterocycles. The molecule has 0 amide bonds. The summed E-state index contributed by atoms with van der Waals surface area (Å²) in [6, 6.07) is 12.2. The molecule has 12 heteroatoms. The molecule has 5 rings (SSSR count). The molecule has 1 atom stereocenters. The standard InChI is InChI=1S/C21H20N6O4S2/c1-3-27-20(24-25-21(27)30-15-5-4-14-8-10-22-16(14)12-15)13(2)26-33(28,29)19-7-6-18(32-19)17-9-11-23-31-17/h4-13,22,26H,3H2,1-2H3/t13-/m1/s1. The first-order valence-corrected chi connectivity index (χ1v) is 12.5. The molecule has 2 N–H and O–H groups in total. The van der Waals surface area contributed by atoms with Crippen LogP contribution in [0.1, 0.15) is 25.7 Å². The molecule has 10 nitrogen and oxygen atoms in total. The highest BCUT2D eigenvalue weighted by Gasteiger charge is 2.25. The molecule has 5 aromatic rings. The number of benzene rings is 1. The number of thiophene rings is 1. The summed E-state index contributed by atoms with van der Waals surface area (Å²) in [6.07, 6.45) is 3.37. The average molecular weight is 485 g/mol. The van der Waals surface area contributed by atoms with Crippen molar-refractivity contribution in [2.75, 3.05) is 0 Å². The van der Waals surface area contributed by atoms with Crippen molar-refractivity contribution in [3.63, 3.8) is 0 Å². The van der Waals surface area contributed by atoms with E-state index in [-0.39, 0.29) is 10.2 Å². The zero-order chi connectivity index (χ0) is 23.0. The Balaban J connectivity index is 1.36. The Labute approximate surface area is 193 Å². The Hall–Kier alpha value is -3.48. The molecule has 0 spiro atoms. The average Bonchev–Trinajstić information content (AvgIpc) is 3.59. The molecule has 0 saturated carbocycles. The van der Waals surface area contributed by atoms with E-state index in [0.29, 0.717) is 28.8 Å². The van der Waals surface area contributed by atoms with Crippen molar-refractivity contribution < 1.29 is 17.7 Å². The van der Waals surface area contributed by atoms with Crippen LogP contribution in [-0.4, -0.2) is 33.3 Å². The summed E-state index contributed by atoms with van der Waals surface area (Å²) in [5.74, 6) is 1.56. The van der Waals surface area contributed by atoms with Gasteiger partial charge < -0.3 is 14.2 Å². The normalized spacial score (nSPS) is 12.9. The summed E-state index contributed by atoms with van der Waals surface area (Å²) in [7, 11) is -3.79. The van der Waals surface area contributed by atoms with Gasteiger partial charge >= 0.3 is 6.01 Å². The van der Waals surface area contributed by atoms with Crippen LogP contribution in [0.5, 0.6) is 11.8 Å². The zero-order valence-electron chi connectivity index (χ0n) is 17.7. The minimum Gasteiger partial charge on any atom is -0.424 e. The van der Waals surface area contributed by atoms with Gasteiger partial charge in [-0.1, -0.05) is 10.3 Å². The number of nitrogens with zero attached hydrogens (tertiary/aromatic N) is 4. The van der Waals surface area contributed by atoms with E-state index in [1.165, 1.54) is 12.3 Å². The number of ether oxygens (including phenoxy) is 1. The fourth-order valence-electron chi connectivity index (χ4n) is 3.47. The van der Waals surface area contributed by atoms with E-state index in [4.69, 9.17) is 9.26 Å². The van der Waals surface area contributed by atoms with Gasteiger partial charge in [0.05, 0.1) is 17.1 Å². The fourth-order valence-corrected chi connectivity index (χ4v) is 5.95. The van der Waals surface area contributed by atoms with Crippen molar-refractivity contribution in [3.8, 4) is 22.4 Å². The Kier molecular flexibility index (Phi) is 5.48. The van der Waals surface area contributed by atoms with E-state index in [0.717, 1.165) is 22.2 Å². The lowest BCUT2D eigenvalue weighted by Crippen LogP contribution is -2.28. The van der Waals surface area contributed by atoms with Crippen LogP contribution in [-0.2, 0) is 16.6 Å². The van der Waals surface area contributed by atoms with Crippen LogP contribution in [0.4, 0.5) is 0 Å². The van der Waals surface area contributed by atoms with Crippen molar-refractivity contribution in [1.82, 2.24) is 29.6 Å². The first-order valence-electron chi connectivity index (χ1n) is 10.2. The molecule has 0 radical (unpaired) electrons. The van der Waals surface area contributed by atoms with Gasteiger partial charge in [-0.2, -0.15) is 4.72 Å². The molecular formula is C21H20N6O4S2. The largest absolute Gasteiger partial charge is 0.424 e. The number of hydrogen-bond acceptors (Lipinski definition) is 8. The number of fused-ring (bicyclic) bond motifs is 1. The molecule has 0 aliphatic heterocycles. The Bertz CT molecular complexity index is 1500. The van der Waals surface area contributed by atoms with Crippen LogP contribution >= 0.6 is 11.3 Å². The summed E-state index contributed by atoms with van der Waals surface area (Å²) in [4.78, 5) is 3.81. The highest BCUT2D eigenvalue weighted by molar-refractivity contribution is 7.91. The maximum absolute atomic E-state index is 13.0. The molecule has 33 heavy (non-hydrogen) atoms. The summed E-state index contributed by atoms with van der Waals surface area (Å²) < 4.78 is 41.5. The minimum absolute atomic E-state index is 0.166. The monoisotopic (exact) mass is 484 g/mol. The molecule has 0 unspecified atom stereocenters. The highest BCUT2D eigenvalue weighted by atomic mass is 32.2. The highest BCUT2D eigenvalue weighted by Crippen LogP contribution is 2.31. The number of hydrogen-bond donors (Lipinski definition) is 2. The zero-order valence-corrected chi connectivity index (χ0v) is 19.4. The molecule has 0 aliphatic rings. The molecule has 4 heterocycles. The number of sulfonamides is 1. The molecule has 0 fully saturated rings. The second kappa shape index (κ2) is 8.46. The van der Waals surface area contributed by atoms with Crippen molar-refractivity contribution in [2.45, 2.75) is 30.6 Å². The molecule has 4 aromatic heterocycles. The third-order valence-corrected chi connectivity index (χ3v) is 8.18. The van der Waals surface area contributed by atoms with E-state index in [1.54, 1.807) is 23.6 Å². The molecule has 170 valence electrons. The minimum atomic E-state index is -3.79. The lowest BCUT2D eigenvalue weighted by molar-refractivity contribution is 0.408.